The minimum atomic E-state index is -0.531. The molecular weight excluding hydrogens is 232 g/mol. The van der Waals surface area contributed by atoms with Crippen LogP contribution in [0, 0.1) is 17.6 Å². The van der Waals surface area contributed by atoms with Gasteiger partial charge in [-0.05, 0) is 38.7 Å². The maximum absolute atomic E-state index is 13.6. The highest BCUT2D eigenvalue weighted by Gasteiger charge is 2.14. The Kier molecular flexibility index (Phi) is 5.73. The molecule has 0 fully saturated rings. The van der Waals surface area contributed by atoms with Crippen LogP contribution in [0.5, 0.6) is 0 Å². The lowest BCUT2D eigenvalue weighted by atomic mass is 10.0. The normalized spacial score (nSPS) is 14.8. The van der Waals surface area contributed by atoms with E-state index in [1.807, 2.05) is 6.92 Å². The number of hydrogen-bond donors (Lipinski definition) is 1. The first-order valence-electron chi connectivity index (χ1n) is 6.61. The molecule has 3 heteroatoms. The van der Waals surface area contributed by atoms with Gasteiger partial charge in [0.1, 0.15) is 11.6 Å². The minimum Gasteiger partial charge on any atom is -0.308 e. The first kappa shape index (κ1) is 15.1. The minimum absolute atomic E-state index is 0.104. The zero-order valence-electron chi connectivity index (χ0n) is 11.6. The SMILES string of the molecule is CC(C)CCC(C)NC(C)c1ccc(F)cc1F. The third kappa shape index (κ3) is 4.73. The van der Waals surface area contributed by atoms with E-state index in [0.29, 0.717) is 17.5 Å². The molecule has 18 heavy (non-hydrogen) atoms. The quantitative estimate of drug-likeness (QED) is 0.792. The monoisotopic (exact) mass is 255 g/mol. The van der Waals surface area contributed by atoms with Gasteiger partial charge in [0.05, 0.1) is 0 Å². The van der Waals surface area contributed by atoms with Crippen LogP contribution in [-0.4, -0.2) is 6.04 Å². The molecule has 2 atom stereocenters. The summed E-state index contributed by atoms with van der Waals surface area (Å²) in [6.07, 6.45) is 2.21. The second-order valence-electron chi connectivity index (χ2n) is 5.43. The molecule has 102 valence electrons. The van der Waals surface area contributed by atoms with Crippen molar-refractivity contribution in [2.75, 3.05) is 0 Å². The van der Waals surface area contributed by atoms with Crippen molar-refractivity contribution < 1.29 is 8.78 Å². The van der Waals surface area contributed by atoms with Gasteiger partial charge in [0, 0.05) is 23.7 Å². The van der Waals surface area contributed by atoms with Crippen LogP contribution in [0.2, 0.25) is 0 Å². The van der Waals surface area contributed by atoms with Crippen molar-refractivity contribution in [2.24, 2.45) is 5.92 Å². The molecule has 0 aromatic heterocycles. The lowest BCUT2D eigenvalue weighted by Gasteiger charge is -2.21. The highest BCUT2D eigenvalue weighted by molar-refractivity contribution is 5.21. The summed E-state index contributed by atoms with van der Waals surface area (Å²) in [5.74, 6) is -0.338. The highest BCUT2D eigenvalue weighted by Crippen LogP contribution is 2.19. The molecule has 0 radical (unpaired) electrons. The summed E-state index contributed by atoms with van der Waals surface area (Å²) >= 11 is 0. The van der Waals surface area contributed by atoms with Crippen molar-refractivity contribution in [1.29, 1.82) is 0 Å². The second-order valence-corrected chi connectivity index (χ2v) is 5.43. The fourth-order valence-corrected chi connectivity index (χ4v) is 2.04. The third-order valence-corrected chi connectivity index (χ3v) is 3.14. The van der Waals surface area contributed by atoms with E-state index in [4.69, 9.17) is 0 Å². The molecule has 0 aliphatic carbocycles. The van der Waals surface area contributed by atoms with Crippen LogP contribution in [0.4, 0.5) is 8.78 Å². The Morgan fingerprint density at radius 2 is 1.72 bits per heavy atom. The molecule has 1 rings (SSSR count). The Bertz CT molecular complexity index is 377. The number of hydrogen-bond acceptors (Lipinski definition) is 1. The summed E-state index contributed by atoms with van der Waals surface area (Å²) < 4.78 is 26.4. The number of rotatable bonds is 6. The first-order chi connectivity index (χ1) is 8.40. The second kappa shape index (κ2) is 6.83. The van der Waals surface area contributed by atoms with E-state index in [1.165, 1.54) is 12.1 Å². The molecular formula is C15H23F2N. The van der Waals surface area contributed by atoms with Crippen molar-refractivity contribution >= 4 is 0 Å². The smallest absolute Gasteiger partial charge is 0.130 e. The van der Waals surface area contributed by atoms with Gasteiger partial charge in [-0.15, -0.1) is 0 Å². The average molecular weight is 255 g/mol. The number of benzene rings is 1. The third-order valence-electron chi connectivity index (χ3n) is 3.14. The average Bonchev–Trinajstić information content (AvgIpc) is 2.26. The number of nitrogens with one attached hydrogen (secondary N) is 1. The molecule has 0 aliphatic rings. The van der Waals surface area contributed by atoms with Crippen molar-refractivity contribution in [2.45, 2.75) is 52.6 Å². The Labute approximate surface area is 109 Å². The summed E-state index contributed by atoms with van der Waals surface area (Å²) in [4.78, 5) is 0. The van der Waals surface area contributed by atoms with Crippen molar-refractivity contribution in [3.05, 3.63) is 35.4 Å². The van der Waals surface area contributed by atoms with E-state index in [1.54, 1.807) is 0 Å². The largest absolute Gasteiger partial charge is 0.308 e. The predicted octanol–water partition coefficient (Wildman–Crippen LogP) is 4.44. The fraction of sp³-hybridized carbons (Fsp3) is 0.600. The summed E-state index contributed by atoms with van der Waals surface area (Å²) in [6, 6.07) is 3.97. The number of halogens is 2. The van der Waals surface area contributed by atoms with E-state index in [0.717, 1.165) is 18.9 Å². The van der Waals surface area contributed by atoms with Crippen molar-refractivity contribution in [3.63, 3.8) is 0 Å². The van der Waals surface area contributed by atoms with Crippen LogP contribution in [0.15, 0.2) is 18.2 Å². The van der Waals surface area contributed by atoms with Gasteiger partial charge in [0.2, 0.25) is 0 Å². The lowest BCUT2D eigenvalue weighted by molar-refractivity contribution is 0.409. The molecule has 1 aromatic carbocycles. The molecule has 1 aromatic rings. The topological polar surface area (TPSA) is 12.0 Å². The Hall–Kier alpha value is -0.960. The molecule has 0 bridgehead atoms. The van der Waals surface area contributed by atoms with Gasteiger partial charge >= 0.3 is 0 Å². The zero-order chi connectivity index (χ0) is 13.7. The Balaban J connectivity index is 2.56. The van der Waals surface area contributed by atoms with E-state index in [-0.39, 0.29) is 6.04 Å². The summed E-state index contributed by atoms with van der Waals surface area (Å²) in [7, 11) is 0. The summed E-state index contributed by atoms with van der Waals surface area (Å²) in [5.41, 5.74) is 0.521. The van der Waals surface area contributed by atoms with E-state index >= 15 is 0 Å². The van der Waals surface area contributed by atoms with Crippen LogP contribution in [0.1, 0.15) is 52.1 Å². The maximum Gasteiger partial charge on any atom is 0.130 e. The van der Waals surface area contributed by atoms with E-state index in [9.17, 15) is 8.78 Å². The zero-order valence-corrected chi connectivity index (χ0v) is 11.6. The molecule has 0 saturated carbocycles. The van der Waals surface area contributed by atoms with Gasteiger partial charge in [-0.2, -0.15) is 0 Å². The van der Waals surface area contributed by atoms with Crippen LogP contribution in [0.3, 0.4) is 0 Å². The van der Waals surface area contributed by atoms with E-state index < -0.39 is 11.6 Å². The van der Waals surface area contributed by atoms with Gasteiger partial charge in [0.25, 0.3) is 0 Å². The van der Waals surface area contributed by atoms with E-state index in [2.05, 4.69) is 26.1 Å². The molecule has 1 N–H and O–H groups in total. The summed E-state index contributed by atoms with van der Waals surface area (Å²) in [5, 5.41) is 3.35. The molecule has 0 heterocycles. The first-order valence-corrected chi connectivity index (χ1v) is 6.61. The van der Waals surface area contributed by atoms with Gasteiger partial charge < -0.3 is 5.32 Å². The molecule has 0 spiro atoms. The van der Waals surface area contributed by atoms with Gasteiger partial charge in [-0.25, -0.2) is 8.78 Å². The standard InChI is InChI=1S/C15H23F2N/c1-10(2)5-6-11(3)18-12(4)14-8-7-13(16)9-15(14)17/h7-12,18H,5-6H2,1-4H3. The van der Waals surface area contributed by atoms with Gasteiger partial charge in [-0.3, -0.25) is 0 Å². The van der Waals surface area contributed by atoms with Crippen LogP contribution < -0.4 is 5.32 Å². The van der Waals surface area contributed by atoms with Crippen LogP contribution in [-0.2, 0) is 0 Å². The van der Waals surface area contributed by atoms with Crippen molar-refractivity contribution in [3.8, 4) is 0 Å². The van der Waals surface area contributed by atoms with Gasteiger partial charge in [-0.1, -0.05) is 19.9 Å². The van der Waals surface area contributed by atoms with Crippen LogP contribution in [0.25, 0.3) is 0 Å². The Morgan fingerprint density at radius 3 is 2.28 bits per heavy atom. The molecule has 0 saturated heterocycles. The molecule has 0 aliphatic heterocycles. The predicted molar refractivity (Wildman–Crippen MR) is 71.4 cm³/mol. The lowest BCUT2D eigenvalue weighted by Crippen LogP contribution is -2.29. The maximum atomic E-state index is 13.6. The Morgan fingerprint density at radius 1 is 1.06 bits per heavy atom. The van der Waals surface area contributed by atoms with Crippen LogP contribution >= 0.6 is 0 Å². The van der Waals surface area contributed by atoms with Gasteiger partial charge in [0.15, 0.2) is 0 Å². The molecule has 0 amide bonds. The molecule has 2 unspecified atom stereocenters. The fourth-order valence-electron chi connectivity index (χ4n) is 2.04. The highest BCUT2D eigenvalue weighted by atomic mass is 19.1. The van der Waals surface area contributed by atoms with Crippen molar-refractivity contribution in [1.82, 2.24) is 5.32 Å². The molecule has 1 nitrogen and oxygen atoms in total. The summed E-state index contributed by atoms with van der Waals surface area (Å²) in [6.45, 7) is 8.38.